The lowest BCUT2D eigenvalue weighted by Gasteiger charge is -2.37. The van der Waals surface area contributed by atoms with Crippen molar-refractivity contribution in [2.45, 2.75) is 31.9 Å². The second-order valence-electron chi connectivity index (χ2n) is 5.16. The predicted molar refractivity (Wildman–Crippen MR) is 70.1 cm³/mol. The van der Waals surface area contributed by atoms with E-state index in [1.54, 1.807) is 7.11 Å². The Morgan fingerprint density at radius 3 is 2.89 bits per heavy atom. The van der Waals surface area contributed by atoms with Gasteiger partial charge in [-0.15, -0.1) is 0 Å². The fourth-order valence-electron chi connectivity index (χ4n) is 2.31. The number of fused-ring (bicyclic) bond motifs is 1. The average molecular weight is 251 g/mol. The smallest absolute Gasteiger partial charge is 0.188 e. The summed E-state index contributed by atoms with van der Waals surface area (Å²) >= 11 is 0. The molecule has 4 nitrogen and oxygen atoms in total. The summed E-state index contributed by atoms with van der Waals surface area (Å²) < 4.78 is 16.3. The van der Waals surface area contributed by atoms with Crippen LogP contribution in [0.15, 0.2) is 18.2 Å². The lowest BCUT2D eigenvalue weighted by molar-refractivity contribution is 0.0484. The first-order valence-electron chi connectivity index (χ1n) is 6.18. The Kier molecular flexibility index (Phi) is 3.78. The Balaban J connectivity index is 2.27. The van der Waals surface area contributed by atoms with Crippen LogP contribution in [0.25, 0.3) is 0 Å². The van der Waals surface area contributed by atoms with Crippen molar-refractivity contribution in [2.75, 3.05) is 21.0 Å². The molecule has 0 spiro atoms. The van der Waals surface area contributed by atoms with Crippen LogP contribution in [0.2, 0.25) is 0 Å². The van der Waals surface area contributed by atoms with E-state index in [1.807, 2.05) is 19.2 Å². The Bertz CT molecular complexity index is 418. The summed E-state index contributed by atoms with van der Waals surface area (Å²) in [5.74, 6) is 1.65. The molecule has 0 radical (unpaired) electrons. The molecule has 1 heterocycles. The van der Waals surface area contributed by atoms with E-state index in [9.17, 15) is 0 Å². The molecule has 1 aliphatic heterocycles. The van der Waals surface area contributed by atoms with Crippen molar-refractivity contribution in [2.24, 2.45) is 0 Å². The number of ether oxygens (including phenoxy) is 3. The van der Waals surface area contributed by atoms with Crippen LogP contribution in [-0.2, 0) is 4.74 Å². The van der Waals surface area contributed by atoms with Gasteiger partial charge in [0.25, 0.3) is 0 Å². The summed E-state index contributed by atoms with van der Waals surface area (Å²) in [5.41, 5.74) is 1.02. The molecule has 1 aliphatic rings. The Morgan fingerprint density at radius 2 is 2.22 bits per heavy atom. The molecule has 1 aromatic rings. The molecule has 0 aliphatic carbocycles. The minimum absolute atomic E-state index is 0.166. The molecule has 2 rings (SSSR count). The first-order valence-corrected chi connectivity index (χ1v) is 6.18. The number of hydrogen-bond acceptors (Lipinski definition) is 4. The molecule has 0 amide bonds. The first kappa shape index (κ1) is 13.2. The third-order valence-electron chi connectivity index (χ3n) is 3.13. The van der Waals surface area contributed by atoms with Gasteiger partial charge in [0.05, 0.1) is 0 Å². The summed E-state index contributed by atoms with van der Waals surface area (Å²) in [5, 5.41) is 3.33. The van der Waals surface area contributed by atoms with Gasteiger partial charge in [0.15, 0.2) is 6.79 Å². The van der Waals surface area contributed by atoms with Gasteiger partial charge in [-0.25, -0.2) is 0 Å². The Hall–Kier alpha value is -1.26. The summed E-state index contributed by atoms with van der Waals surface area (Å²) in [7, 11) is 3.58. The van der Waals surface area contributed by atoms with Crippen LogP contribution in [0.4, 0.5) is 0 Å². The van der Waals surface area contributed by atoms with Crippen molar-refractivity contribution in [1.29, 1.82) is 0 Å². The third kappa shape index (κ3) is 2.76. The summed E-state index contributed by atoms with van der Waals surface area (Å²) in [6.45, 7) is 4.45. The maximum absolute atomic E-state index is 6.01. The van der Waals surface area contributed by atoms with Crippen LogP contribution in [0.3, 0.4) is 0 Å². The third-order valence-corrected chi connectivity index (χ3v) is 3.13. The van der Waals surface area contributed by atoms with Crippen molar-refractivity contribution in [3.05, 3.63) is 23.8 Å². The molecular weight excluding hydrogens is 230 g/mol. The largest absolute Gasteiger partial charge is 0.487 e. The van der Waals surface area contributed by atoms with Crippen LogP contribution in [0.5, 0.6) is 11.5 Å². The molecule has 0 saturated carbocycles. The molecule has 100 valence electrons. The van der Waals surface area contributed by atoms with Gasteiger partial charge in [-0.2, -0.15) is 0 Å². The molecule has 0 aromatic heterocycles. The highest BCUT2D eigenvalue weighted by molar-refractivity contribution is 5.44. The number of rotatable bonds is 4. The maximum Gasteiger partial charge on any atom is 0.188 e. The van der Waals surface area contributed by atoms with Crippen LogP contribution >= 0.6 is 0 Å². The SMILES string of the molecule is CNC1CC(C)(C)Oc2cc(OCOC)ccc21. The van der Waals surface area contributed by atoms with Gasteiger partial charge >= 0.3 is 0 Å². The molecule has 1 N–H and O–H groups in total. The Labute approximate surface area is 108 Å². The summed E-state index contributed by atoms with van der Waals surface area (Å²) in [4.78, 5) is 0. The molecule has 1 unspecified atom stereocenters. The molecule has 4 heteroatoms. The molecule has 0 bridgehead atoms. The average Bonchev–Trinajstić information content (AvgIpc) is 2.33. The highest BCUT2D eigenvalue weighted by atomic mass is 16.7. The number of nitrogens with one attached hydrogen (secondary N) is 1. The van der Waals surface area contributed by atoms with Gasteiger partial charge in [0.2, 0.25) is 0 Å². The van der Waals surface area contributed by atoms with E-state index in [-0.39, 0.29) is 12.4 Å². The highest BCUT2D eigenvalue weighted by Gasteiger charge is 2.33. The standard InChI is InChI=1S/C14H21NO3/c1-14(2)8-12(15-3)11-6-5-10(17-9-16-4)7-13(11)18-14/h5-7,12,15H,8-9H2,1-4H3. The van der Waals surface area contributed by atoms with E-state index in [4.69, 9.17) is 14.2 Å². The quantitative estimate of drug-likeness (QED) is 0.835. The fraction of sp³-hybridized carbons (Fsp3) is 0.571. The minimum atomic E-state index is -0.166. The molecule has 0 fully saturated rings. The van der Waals surface area contributed by atoms with Gasteiger partial charge in [0, 0.05) is 31.2 Å². The van der Waals surface area contributed by atoms with Crippen molar-refractivity contribution >= 4 is 0 Å². The van der Waals surface area contributed by atoms with Gasteiger partial charge in [-0.3, -0.25) is 0 Å². The summed E-state index contributed by atoms with van der Waals surface area (Å²) in [6, 6.07) is 6.25. The second kappa shape index (κ2) is 5.16. The van der Waals surface area contributed by atoms with Gasteiger partial charge in [0.1, 0.15) is 17.1 Å². The molecular formula is C14H21NO3. The molecule has 18 heavy (non-hydrogen) atoms. The topological polar surface area (TPSA) is 39.7 Å². The molecule has 1 aromatic carbocycles. The van der Waals surface area contributed by atoms with Gasteiger partial charge in [-0.05, 0) is 27.0 Å². The van der Waals surface area contributed by atoms with Gasteiger partial charge < -0.3 is 19.5 Å². The zero-order chi connectivity index (χ0) is 13.2. The van der Waals surface area contributed by atoms with Crippen molar-refractivity contribution in [3.63, 3.8) is 0 Å². The number of methoxy groups -OCH3 is 1. The van der Waals surface area contributed by atoms with Crippen LogP contribution in [0.1, 0.15) is 31.9 Å². The van der Waals surface area contributed by atoms with Crippen molar-refractivity contribution < 1.29 is 14.2 Å². The Morgan fingerprint density at radius 1 is 1.44 bits per heavy atom. The van der Waals surface area contributed by atoms with E-state index < -0.39 is 0 Å². The normalized spacial score (nSPS) is 21.0. The van der Waals surface area contributed by atoms with E-state index in [1.165, 1.54) is 5.56 Å². The van der Waals surface area contributed by atoms with E-state index >= 15 is 0 Å². The van der Waals surface area contributed by atoms with E-state index in [0.29, 0.717) is 6.04 Å². The fourth-order valence-corrected chi connectivity index (χ4v) is 2.31. The van der Waals surface area contributed by atoms with Crippen molar-refractivity contribution in [3.8, 4) is 11.5 Å². The van der Waals surface area contributed by atoms with Gasteiger partial charge in [-0.1, -0.05) is 6.07 Å². The lowest BCUT2D eigenvalue weighted by Crippen LogP contribution is -2.38. The number of hydrogen-bond donors (Lipinski definition) is 1. The monoisotopic (exact) mass is 251 g/mol. The number of benzene rings is 1. The molecule has 0 saturated heterocycles. The lowest BCUT2D eigenvalue weighted by atomic mass is 9.90. The molecule has 1 atom stereocenters. The van der Waals surface area contributed by atoms with Crippen LogP contribution < -0.4 is 14.8 Å². The van der Waals surface area contributed by atoms with Crippen LogP contribution in [0, 0.1) is 0 Å². The van der Waals surface area contributed by atoms with Crippen LogP contribution in [-0.4, -0.2) is 26.6 Å². The van der Waals surface area contributed by atoms with E-state index in [0.717, 1.165) is 17.9 Å². The maximum atomic E-state index is 6.01. The predicted octanol–water partition coefficient (Wildman–Crippen LogP) is 2.49. The summed E-state index contributed by atoms with van der Waals surface area (Å²) in [6.07, 6.45) is 0.953. The first-order chi connectivity index (χ1) is 8.55. The van der Waals surface area contributed by atoms with E-state index in [2.05, 4.69) is 25.2 Å². The van der Waals surface area contributed by atoms with Crippen molar-refractivity contribution in [1.82, 2.24) is 5.32 Å². The highest BCUT2D eigenvalue weighted by Crippen LogP contribution is 2.40. The minimum Gasteiger partial charge on any atom is -0.487 e. The zero-order valence-corrected chi connectivity index (χ0v) is 11.4. The zero-order valence-electron chi connectivity index (χ0n) is 11.4. The second-order valence-corrected chi connectivity index (χ2v) is 5.16.